The molecule has 1 heterocycles. The normalized spacial score (nSPS) is 10.2. The standard InChI is InChI=1S/C22H21N3O3/c1-3-28-22(27)16-6-10-18(11-7-16)24-20-12-17(13-23-14-20)21(26)25-19-8-4-15(2)5-9-19/h4-14,24H,3H2,1-2H3,(H,25,26). The summed E-state index contributed by atoms with van der Waals surface area (Å²) in [6.07, 6.45) is 3.14. The number of nitrogens with zero attached hydrogens (tertiary/aromatic N) is 1. The summed E-state index contributed by atoms with van der Waals surface area (Å²) in [5.74, 6) is -0.594. The van der Waals surface area contributed by atoms with Gasteiger partial charge in [-0.25, -0.2) is 4.79 Å². The number of nitrogens with one attached hydrogen (secondary N) is 2. The average Bonchev–Trinajstić information content (AvgIpc) is 2.70. The molecule has 3 rings (SSSR count). The van der Waals surface area contributed by atoms with Gasteiger partial charge in [0.2, 0.25) is 0 Å². The number of carbonyl (C=O) groups is 2. The Bertz CT molecular complexity index is 967. The maximum Gasteiger partial charge on any atom is 0.338 e. The van der Waals surface area contributed by atoms with Gasteiger partial charge in [0.15, 0.2) is 0 Å². The number of benzene rings is 2. The van der Waals surface area contributed by atoms with Crippen molar-refractivity contribution in [3.63, 3.8) is 0 Å². The van der Waals surface area contributed by atoms with Gasteiger partial charge in [-0.3, -0.25) is 9.78 Å². The van der Waals surface area contributed by atoms with E-state index in [1.165, 1.54) is 6.20 Å². The number of hydrogen-bond donors (Lipinski definition) is 2. The second-order valence-electron chi connectivity index (χ2n) is 6.21. The number of ether oxygens (including phenoxy) is 1. The number of pyridine rings is 1. The van der Waals surface area contributed by atoms with Crippen LogP contribution in [0.15, 0.2) is 67.0 Å². The van der Waals surface area contributed by atoms with Gasteiger partial charge in [0, 0.05) is 17.6 Å². The van der Waals surface area contributed by atoms with Crippen molar-refractivity contribution in [1.29, 1.82) is 0 Å². The molecule has 0 unspecified atom stereocenters. The molecule has 0 aliphatic heterocycles. The van der Waals surface area contributed by atoms with Gasteiger partial charge in [0.05, 0.1) is 29.6 Å². The van der Waals surface area contributed by atoms with Crippen molar-refractivity contribution in [1.82, 2.24) is 4.98 Å². The largest absolute Gasteiger partial charge is 0.462 e. The number of anilines is 3. The molecular formula is C22H21N3O3. The first kappa shape index (κ1) is 19.1. The number of amides is 1. The summed E-state index contributed by atoms with van der Waals surface area (Å²) in [5, 5.41) is 6.02. The summed E-state index contributed by atoms with van der Waals surface area (Å²) in [6.45, 7) is 4.09. The van der Waals surface area contributed by atoms with Gasteiger partial charge < -0.3 is 15.4 Å². The van der Waals surface area contributed by atoms with Crippen molar-refractivity contribution in [3.05, 3.63) is 83.7 Å². The van der Waals surface area contributed by atoms with E-state index in [0.717, 1.165) is 16.9 Å². The van der Waals surface area contributed by atoms with Crippen LogP contribution in [0.5, 0.6) is 0 Å². The van der Waals surface area contributed by atoms with Crippen molar-refractivity contribution in [3.8, 4) is 0 Å². The first-order valence-electron chi connectivity index (χ1n) is 8.92. The van der Waals surface area contributed by atoms with E-state index in [9.17, 15) is 9.59 Å². The van der Waals surface area contributed by atoms with Gasteiger partial charge >= 0.3 is 5.97 Å². The van der Waals surface area contributed by atoms with Gasteiger partial charge in [0.1, 0.15) is 0 Å². The highest BCUT2D eigenvalue weighted by molar-refractivity contribution is 6.04. The first-order chi connectivity index (χ1) is 13.5. The second-order valence-corrected chi connectivity index (χ2v) is 6.21. The number of rotatable bonds is 6. The van der Waals surface area contributed by atoms with Crippen molar-refractivity contribution in [2.75, 3.05) is 17.2 Å². The monoisotopic (exact) mass is 375 g/mol. The Kier molecular flexibility index (Phi) is 6.01. The molecular weight excluding hydrogens is 354 g/mol. The molecule has 1 amide bonds. The first-order valence-corrected chi connectivity index (χ1v) is 8.92. The van der Waals surface area contributed by atoms with Crippen molar-refractivity contribution >= 4 is 28.9 Å². The lowest BCUT2D eigenvalue weighted by molar-refractivity contribution is 0.0526. The van der Waals surface area contributed by atoms with E-state index in [2.05, 4.69) is 15.6 Å². The summed E-state index contributed by atoms with van der Waals surface area (Å²) in [6, 6.07) is 16.2. The Morgan fingerprint density at radius 3 is 2.25 bits per heavy atom. The molecule has 0 spiro atoms. The summed E-state index contributed by atoms with van der Waals surface area (Å²) in [5.41, 5.74) is 4.21. The number of aryl methyl sites for hydroxylation is 1. The zero-order valence-corrected chi connectivity index (χ0v) is 15.7. The fourth-order valence-electron chi connectivity index (χ4n) is 2.54. The molecule has 0 bridgehead atoms. The minimum Gasteiger partial charge on any atom is -0.462 e. The van der Waals surface area contributed by atoms with E-state index in [4.69, 9.17) is 4.74 Å². The van der Waals surface area contributed by atoms with Crippen LogP contribution in [-0.4, -0.2) is 23.5 Å². The topological polar surface area (TPSA) is 80.3 Å². The molecule has 0 aliphatic rings. The second kappa shape index (κ2) is 8.81. The van der Waals surface area contributed by atoms with Gasteiger partial charge in [0.25, 0.3) is 5.91 Å². The smallest absolute Gasteiger partial charge is 0.338 e. The third-order valence-corrected chi connectivity index (χ3v) is 3.99. The van der Waals surface area contributed by atoms with Crippen LogP contribution in [0.25, 0.3) is 0 Å². The molecule has 2 aromatic carbocycles. The highest BCUT2D eigenvalue weighted by Gasteiger charge is 2.09. The molecule has 0 saturated carbocycles. The van der Waals surface area contributed by atoms with Crippen molar-refractivity contribution in [2.45, 2.75) is 13.8 Å². The van der Waals surface area contributed by atoms with Crippen LogP contribution in [0.2, 0.25) is 0 Å². The Hall–Kier alpha value is -3.67. The Morgan fingerprint density at radius 1 is 0.893 bits per heavy atom. The van der Waals surface area contributed by atoms with E-state index in [0.29, 0.717) is 23.4 Å². The highest BCUT2D eigenvalue weighted by atomic mass is 16.5. The minimum absolute atomic E-state index is 0.238. The molecule has 0 radical (unpaired) electrons. The van der Waals surface area contributed by atoms with E-state index >= 15 is 0 Å². The molecule has 0 aliphatic carbocycles. The lowest BCUT2D eigenvalue weighted by atomic mass is 10.2. The lowest BCUT2D eigenvalue weighted by Gasteiger charge is -2.09. The third kappa shape index (κ3) is 4.94. The van der Waals surface area contributed by atoms with E-state index < -0.39 is 0 Å². The molecule has 3 aromatic rings. The Balaban J connectivity index is 1.68. The van der Waals surface area contributed by atoms with Gasteiger partial charge in [-0.05, 0) is 56.3 Å². The zero-order valence-electron chi connectivity index (χ0n) is 15.7. The van der Waals surface area contributed by atoms with Crippen LogP contribution in [0.4, 0.5) is 17.1 Å². The number of carbonyl (C=O) groups excluding carboxylic acids is 2. The predicted molar refractivity (Wildman–Crippen MR) is 109 cm³/mol. The molecule has 0 saturated heterocycles. The summed E-state index contributed by atoms with van der Waals surface area (Å²) in [4.78, 5) is 28.3. The minimum atomic E-state index is -0.356. The summed E-state index contributed by atoms with van der Waals surface area (Å²) < 4.78 is 4.97. The van der Waals surface area contributed by atoms with E-state index in [1.54, 1.807) is 43.5 Å². The fourth-order valence-corrected chi connectivity index (χ4v) is 2.54. The Labute approximate surface area is 163 Å². The number of aromatic nitrogens is 1. The van der Waals surface area contributed by atoms with Crippen LogP contribution in [0, 0.1) is 6.92 Å². The van der Waals surface area contributed by atoms with Crippen LogP contribution < -0.4 is 10.6 Å². The van der Waals surface area contributed by atoms with Gasteiger partial charge in [-0.15, -0.1) is 0 Å². The molecule has 6 heteroatoms. The van der Waals surface area contributed by atoms with Crippen molar-refractivity contribution in [2.24, 2.45) is 0 Å². The SMILES string of the molecule is CCOC(=O)c1ccc(Nc2cncc(C(=O)Nc3ccc(C)cc3)c2)cc1. The van der Waals surface area contributed by atoms with Crippen molar-refractivity contribution < 1.29 is 14.3 Å². The fraction of sp³-hybridized carbons (Fsp3) is 0.136. The summed E-state index contributed by atoms with van der Waals surface area (Å²) >= 11 is 0. The summed E-state index contributed by atoms with van der Waals surface area (Å²) in [7, 11) is 0. The number of esters is 1. The van der Waals surface area contributed by atoms with Gasteiger partial charge in [-0.2, -0.15) is 0 Å². The average molecular weight is 375 g/mol. The molecule has 142 valence electrons. The molecule has 0 atom stereocenters. The predicted octanol–water partition coefficient (Wildman–Crippen LogP) is 4.56. The maximum atomic E-state index is 12.5. The highest BCUT2D eigenvalue weighted by Crippen LogP contribution is 2.19. The van der Waals surface area contributed by atoms with Crippen LogP contribution in [0.1, 0.15) is 33.2 Å². The van der Waals surface area contributed by atoms with E-state index in [-0.39, 0.29) is 11.9 Å². The van der Waals surface area contributed by atoms with Crippen LogP contribution in [-0.2, 0) is 4.74 Å². The molecule has 0 fully saturated rings. The van der Waals surface area contributed by atoms with Crippen LogP contribution in [0.3, 0.4) is 0 Å². The number of hydrogen-bond acceptors (Lipinski definition) is 5. The Morgan fingerprint density at radius 2 is 1.57 bits per heavy atom. The quantitative estimate of drug-likeness (QED) is 0.617. The lowest BCUT2D eigenvalue weighted by Crippen LogP contribution is -2.12. The molecule has 6 nitrogen and oxygen atoms in total. The van der Waals surface area contributed by atoms with Crippen LogP contribution >= 0.6 is 0 Å². The molecule has 1 aromatic heterocycles. The van der Waals surface area contributed by atoms with E-state index in [1.807, 2.05) is 31.2 Å². The molecule has 2 N–H and O–H groups in total. The zero-order chi connectivity index (χ0) is 19.9. The molecule has 28 heavy (non-hydrogen) atoms. The third-order valence-electron chi connectivity index (χ3n) is 3.99. The maximum absolute atomic E-state index is 12.5. The van der Waals surface area contributed by atoms with Gasteiger partial charge in [-0.1, -0.05) is 17.7 Å².